The molecule has 0 amide bonds. The Morgan fingerprint density at radius 3 is 2.54 bits per heavy atom. The van der Waals surface area contributed by atoms with Crippen LogP contribution in [0.15, 0.2) is 24.3 Å². The normalized spacial score (nSPS) is 26.0. The molecular formula is C11H13ClO. The highest BCUT2D eigenvalue weighted by Crippen LogP contribution is 2.31. The van der Waals surface area contributed by atoms with Crippen LogP contribution in [0.1, 0.15) is 18.9 Å². The molecule has 0 spiro atoms. The van der Waals surface area contributed by atoms with Crippen molar-refractivity contribution in [3.8, 4) is 0 Å². The van der Waals surface area contributed by atoms with E-state index in [4.69, 9.17) is 16.3 Å². The van der Waals surface area contributed by atoms with Crippen molar-refractivity contribution in [2.24, 2.45) is 0 Å². The Bertz CT molecular complexity index is 287. The summed E-state index contributed by atoms with van der Waals surface area (Å²) in [7, 11) is 0. The largest absolute Gasteiger partial charge is 0.370 e. The molecule has 1 aliphatic heterocycles. The third-order valence-electron chi connectivity index (χ3n) is 2.49. The van der Waals surface area contributed by atoms with Crippen molar-refractivity contribution in [1.82, 2.24) is 0 Å². The second-order valence-corrected chi connectivity index (χ2v) is 4.30. The molecule has 1 heterocycles. The Morgan fingerprint density at radius 1 is 1.38 bits per heavy atom. The highest BCUT2D eigenvalue weighted by molar-refractivity contribution is 6.30. The molecule has 1 saturated heterocycles. The van der Waals surface area contributed by atoms with E-state index in [9.17, 15) is 0 Å². The molecule has 1 atom stereocenters. The summed E-state index contributed by atoms with van der Waals surface area (Å²) in [4.78, 5) is 0. The zero-order valence-electron chi connectivity index (χ0n) is 7.72. The summed E-state index contributed by atoms with van der Waals surface area (Å²) in [6.45, 7) is 3.07. The molecule has 1 aromatic carbocycles. The topological polar surface area (TPSA) is 12.5 Å². The summed E-state index contributed by atoms with van der Waals surface area (Å²) in [5.74, 6) is 0. The van der Waals surface area contributed by atoms with E-state index < -0.39 is 0 Å². The van der Waals surface area contributed by atoms with E-state index >= 15 is 0 Å². The fourth-order valence-electron chi connectivity index (χ4n) is 1.33. The molecule has 1 aliphatic rings. The molecule has 0 saturated carbocycles. The van der Waals surface area contributed by atoms with Gasteiger partial charge in [-0.1, -0.05) is 23.7 Å². The summed E-state index contributed by atoms with van der Waals surface area (Å²) < 4.78 is 5.32. The average molecular weight is 197 g/mol. The first-order valence-corrected chi connectivity index (χ1v) is 4.94. The summed E-state index contributed by atoms with van der Waals surface area (Å²) >= 11 is 5.79. The molecular weight excluding hydrogens is 184 g/mol. The first-order chi connectivity index (χ1) is 6.18. The number of halogens is 1. The number of benzene rings is 1. The standard InChI is InChI=1S/C11H13ClO/c1-11(8-13-11)7-6-9-2-4-10(12)5-3-9/h2-5H,6-8H2,1H3. The molecule has 1 unspecified atom stereocenters. The number of aryl methyl sites for hydroxylation is 1. The number of ether oxygens (including phenoxy) is 1. The van der Waals surface area contributed by atoms with Gasteiger partial charge in [0.2, 0.25) is 0 Å². The van der Waals surface area contributed by atoms with Crippen LogP contribution >= 0.6 is 11.6 Å². The zero-order chi connectivity index (χ0) is 9.31. The lowest BCUT2D eigenvalue weighted by Gasteiger charge is -2.04. The third-order valence-corrected chi connectivity index (χ3v) is 2.74. The minimum absolute atomic E-state index is 0.166. The van der Waals surface area contributed by atoms with E-state index in [2.05, 4.69) is 19.1 Å². The van der Waals surface area contributed by atoms with Crippen molar-refractivity contribution in [2.75, 3.05) is 6.61 Å². The number of hydrogen-bond acceptors (Lipinski definition) is 1. The average Bonchev–Trinajstić information content (AvgIpc) is 2.84. The van der Waals surface area contributed by atoms with Crippen molar-refractivity contribution < 1.29 is 4.74 Å². The van der Waals surface area contributed by atoms with Crippen LogP contribution in [0.25, 0.3) is 0 Å². The lowest BCUT2D eigenvalue weighted by atomic mass is 10.0. The van der Waals surface area contributed by atoms with Crippen LogP contribution in [-0.4, -0.2) is 12.2 Å². The molecule has 2 heteroatoms. The van der Waals surface area contributed by atoms with Gasteiger partial charge in [0.15, 0.2) is 0 Å². The number of epoxide rings is 1. The van der Waals surface area contributed by atoms with Crippen molar-refractivity contribution >= 4 is 11.6 Å². The van der Waals surface area contributed by atoms with Crippen LogP contribution < -0.4 is 0 Å². The predicted octanol–water partition coefficient (Wildman–Crippen LogP) is 3.06. The van der Waals surface area contributed by atoms with Crippen LogP contribution in [0.3, 0.4) is 0 Å². The molecule has 0 radical (unpaired) electrons. The van der Waals surface area contributed by atoms with E-state index in [0.717, 1.165) is 24.5 Å². The second kappa shape index (κ2) is 3.32. The van der Waals surface area contributed by atoms with Crippen LogP contribution in [0.5, 0.6) is 0 Å². The van der Waals surface area contributed by atoms with Gasteiger partial charge in [0.05, 0.1) is 12.2 Å². The fraction of sp³-hybridized carbons (Fsp3) is 0.455. The van der Waals surface area contributed by atoms with Gasteiger partial charge in [-0.25, -0.2) is 0 Å². The lowest BCUT2D eigenvalue weighted by molar-refractivity contribution is 0.309. The zero-order valence-corrected chi connectivity index (χ0v) is 8.47. The Labute approximate surface area is 83.7 Å². The molecule has 0 N–H and O–H groups in total. The number of hydrogen-bond donors (Lipinski definition) is 0. The first kappa shape index (κ1) is 9.04. The van der Waals surface area contributed by atoms with Gasteiger partial charge < -0.3 is 4.74 Å². The fourth-order valence-corrected chi connectivity index (χ4v) is 1.45. The summed E-state index contributed by atoms with van der Waals surface area (Å²) in [5.41, 5.74) is 1.50. The summed E-state index contributed by atoms with van der Waals surface area (Å²) in [5, 5.41) is 0.803. The van der Waals surface area contributed by atoms with Crippen molar-refractivity contribution in [3.63, 3.8) is 0 Å². The molecule has 0 aliphatic carbocycles. The second-order valence-electron chi connectivity index (χ2n) is 3.87. The Morgan fingerprint density at radius 2 is 2.00 bits per heavy atom. The van der Waals surface area contributed by atoms with Crippen molar-refractivity contribution in [2.45, 2.75) is 25.4 Å². The summed E-state index contributed by atoms with van der Waals surface area (Å²) in [6, 6.07) is 8.03. The minimum Gasteiger partial charge on any atom is -0.370 e. The molecule has 13 heavy (non-hydrogen) atoms. The Balaban J connectivity index is 1.91. The molecule has 1 aromatic rings. The molecule has 0 aromatic heterocycles. The number of rotatable bonds is 3. The van der Waals surface area contributed by atoms with E-state index in [0.29, 0.717) is 0 Å². The Kier molecular flexibility index (Phi) is 2.31. The van der Waals surface area contributed by atoms with Crippen molar-refractivity contribution in [1.29, 1.82) is 0 Å². The summed E-state index contributed by atoms with van der Waals surface area (Å²) in [6.07, 6.45) is 2.18. The Hall–Kier alpha value is -0.530. The van der Waals surface area contributed by atoms with E-state index in [-0.39, 0.29) is 5.60 Å². The van der Waals surface area contributed by atoms with Crippen LogP contribution in [0.4, 0.5) is 0 Å². The van der Waals surface area contributed by atoms with Gasteiger partial charge in [-0.15, -0.1) is 0 Å². The predicted molar refractivity (Wildman–Crippen MR) is 54.1 cm³/mol. The van der Waals surface area contributed by atoms with E-state index in [1.54, 1.807) is 0 Å². The third kappa shape index (κ3) is 2.45. The van der Waals surface area contributed by atoms with E-state index in [1.165, 1.54) is 5.56 Å². The van der Waals surface area contributed by atoms with Gasteiger partial charge in [-0.05, 0) is 37.5 Å². The smallest absolute Gasteiger partial charge is 0.0891 e. The quantitative estimate of drug-likeness (QED) is 0.677. The van der Waals surface area contributed by atoms with Crippen LogP contribution in [-0.2, 0) is 11.2 Å². The highest BCUT2D eigenvalue weighted by atomic mass is 35.5. The highest BCUT2D eigenvalue weighted by Gasteiger charge is 2.38. The van der Waals surface area contributed by atoms with Gasteiger partial charge in [-0.3, -0.25) is 0 Å². The monoisotopic (exact) mass is 196 g/mol. The SMILES string of the molecule is CC1(CCc2ccc(Cl)cc2)CO1. The van der Waals surface area contributed by atoms with Gasteiger partial charge in [-0.2, -0.15) is 0 Å². The van der Waals surface area contributed by atoms with Gasteiger partial charge in [0.25, 0.3) is 0 Å². The van der Waals surface area contributed by atoms with Crippen LogP contribution in [0.2, 0.25) is 5.02 Å². The minimum atomic E-state index is 0.166. The molecule has 0 bridgehead atoms. The van der Waals surface area contributed by atoms with Crippen LogP contribution in [0, 0.1) is 0 Å². The van der Waals surface area contributed by atoms with Gasteiger partial charge in [0, 0.05) is 5.02 Å². The molecule has 1 nitrogen and oxygen atoms in total. The maximum atomic E-state index is 5.79. The lowest BCUT2D eigenvalue weighted by Crippen LogP contribution is -2.05. The maximum Gasteiger partial charge on any atom is 0.0891 e. The van der Waals surface area contributed by atoms with Gasteiger partial charge in [0.1, 0.15) is 0 Å². The van der Waals surface area contributed by atoms with Crippen molar-refractivity contribution in [3.05, 3.63) is 34.9 Å². The van der Waals surface area contributed by atoms with Gasteiger partial charge >= 0.3 is 0 Å². The molecule has 70 valence electrons. The molecule has 2 rings (SSSR count). The molecule has 1 fully saturated rings. The first-order valence-electron chi connectivity index (χ1n) is 4.56. The van der Waals surface area contributed by atoms with E-state index in [1.807, 2.05) is 12.1 Å². The maximum absolute atomic E-state index is 5.79.